The average molecular weight is 503 g/mol. The molecule has 0 atom stereocenters. The molecule has 1 aromatic heterocycles. The third-order valence-electron chi connectivity index (χ3n) is 5.42. The Morgan fingerprint density at radius 3 is 2.27 bits per heavy atom. The fourth-order valence-electron chi connectivity index (χ4n) is 3.77. The number of carbonyl (C=O) groups is 2. The Hall–Kier alpha value is -4.50. The summed E-state index contributed by atoms with van der Waals surface area (Å²) in [7, 11) is 5.89. The van der Waals surface area contributed by atoms with E-state index in [2.05, 4.69) is 60.3 Å². The molecule has 0 saturated carbocycles. The molecule has 0 saturated heterocycles. The lowest BCUT2D eigenvalue weighted by atomic mass is 10.00. The van der Waals surface area contributed by atoms with Gasteiger partial charge in [-0.3, -0.25) is 0 Å². The van der Waals surface area contributed by atoms with Gasteiger partial charge in [-0.15, -0.1) is 0 Å². The van der Waals surface area contributed by atoms with E-state index in [1.165, 1.54) is 0 Å². The lowest BCUT2D eigenvalue weighted by molar-refractivity contribution is -0.134. The Bertz CT molecular complexity index is 1270. The van der Waals surface area contributed by atoms with Crippen LogP contribution in [0.5, 0.6) is 5.75 Å². The van der Waals surface area contributed by atoms with Gasteiger partial charge in [0.15, 0.2) is 5.82 Å². The van der Waals surface area contributed by atoms with Crippen LogP contribution in [0.2, 0.25) is 0 Å². The van der Waals surface area contributed by atoms with Gasteiger partial charge in [0.1, 0.15) is 11.4 Å². The van der Waals surface area contributed by atoms with E-state index in [1.807, 2.05) is 30.5 Å². The molecule has 0 aliphatic carbocycles. The van der Waals surface area contributed by atoms with Crippen LogP contribution in [0.25, 0.3) is 0 Å². The number of fused-ring (bicyclic) bond motifs is 2. The van der Waals surface area contributed by atoms with E-state index in [9.17, 15) is 9.59 Å². The van der Waals surface area contributed by atoms with Crippen molar-refractivity contribution in [2.45, 2.75) is 6.42 Å². The third kappa shape index (κ3) is 7.49. The first kappa shape index (κ1) is 27.1. The second kappa shape index (κ2) is 13.0. The Kier molecular flexibility index (Phi) is 9.51. The maximum Gasteiger partial charge on any atom is 0.328 e. The van der Waals surface area contributed by atoms with Crippen molar-refractivity contribution in [1.82, 2.24) is 9.88 Å². The summed E-state index contributed by atoms with van der Waals surface area (Å²) in [6.07, 6.45) is 3.99. The molecule has 1 aliphatic heterocycles. The molecule has 1 aliphatic rings. The molecule has 4 rings (SSSR count). The zero-order valence-electron chi connectivity index (χ0n) is 21.0. The number of methoxy groups -OCH3 is 1. The number of nitrogens with zero attached hydrogens (tertiary/aromatic N) is 4. The minimum absolute atomic E-state index is 0.558. The smallest absolute Gasteiger partial charge is 0.328 e. The van der Waals surface area contributed by atoms with Gasteiger partial charge >= 0.3 is 11.9 Å². The van der Waals surface area contributed by atoms with E-state index in [0.717, 1.165) is 59.3 Å². The van der Waals surface area contributed by atoms with Crippen LogP contribution < -0.4 is 9.64 Å². The number of pyridine rings is 1. The van der Waals surface area contributed by atoms with Crippen molar-refractivity contribution in [1.29, 1.82) is 0 Å². The van der Waals surface area contributed by atoms with Gasteiger partial charge in [0.2, 0.25) is 0 Å². The number of benzene rings is 2. The van der Waals surface area contributed by atoms with Gasteiger partial charge in [-0.25, -0.2) is 19.6 Å². The molecule has 3 aromatic rings. The lowest BCUT2D eigenvalue weighted by Gasteiger charge is -2.26. The molecule has 192 valence electrons. The standard InChI is InChI=1S/C24H26N4O.C4H4O4/c1-27(2)16-7-17-28-22-10-5-4-8-20(22)23(18-11-13-19(29-3)14-12-18)26-21-9-6-15-25-24(21)28;5-3(6)1-2-4(7)8/h4-6,8-15H,7,16-17H2,1-3H3;1-2H,(H,5,6)(H,7,8). The van der Waals surface area contributed by atoms with Crippen LogP contribution in [0.4, 0.5) is 17.2 Å². The summed E-state index contributed by atoms with van der Waals surface area (Å²) < 4.78 is 5.33. The average Bonchev–Trinajstić information content (AvgIpc) is 3.03. The van der Waals surface area contributed by atoms with Crippen molar-refractivity contribution in [3.63, 3.8) is 0 Å². The number of aromatic nitrogens is 1. The monoisotopic (exact) mass is 502 g/mol. The minimum atomic E-state index is -1.26. The summed E-state index contributed by atoms with van der Waals surface area (Å²) in [6, 6.07) is 20.5. The third-order valence-corrected chi connectivity index (χ3v) is 5.42. The van der Waals surface area contributed by atoms with Gasteiger partial charge in [0, 0.05) is 36.0 Å². The van der Waals surface area contributed by atoms with Gasteiger partial charge in [-0.05, 0) is 69.5 Å². The molecule has 0 fully saturated rings. The number of carboxylic acids is 2. The SMILES string of the molecule is COc1ccc(C2=Nc3cccnc3N(CCCN(C)C)c3ccccc32)cc1.O=C(O)C=CC(=O)O. The molecule has 37 heavy (non-hydrogen) atoms. The summed E-state index contributed by atoms with van der Waals surface area (Å²) in [5.41, 5.74) is 5.15. The van der Waals surface area contributed by atoms with Crippen LogP contribution in [-0.2, 0) is 9.59 Å². The molecule has 2 N–H and O–H groups in total. The van der Waals surface area contributed by atoms with Crippen molar-refractivity contribution in [2.24, 2.45) is 4.99 Å². The van der Waals surface area contributed by atoms with E-state index < -0.39 is 11.9 Å². The van der Waals surface area contributed by atoms with Crippen molar-refractivity contribution >= 4 is 34.8 Å². The van der Waals surface area contributed by atoms with Crippen LogP contribution in [0.15, 0.2) is 84.0 Å². The molecule has 2 aromatic carbocycles. The maximum absolute atomic E-state index is 9.55. The maximum atomic E-state index is 9.55. The molecule has 0 spiro atoms. The number of ether oxygens (including phenoxy) is 1. The quantitative estimate of drug-likeness (QED) is 0.436. The first-order valence-corrected chi connectivity index (χ1v) is 11.6. The van der Waals surface area contributed by atoms with E-state index >= 15 is 0 Å². The predicted molar refractivity (Wildman–Crippen MR) is 144 cm³/mol. The highest BCUT2D eigenvalue weighted by atomic mass is 16.5. The highest BCUT2D eigenvalue weighted by Gasteiger charge is 2.24. The van der Waals surface area contributed by atoms with Crippen molar-refractivity contribution in [2.75, 3.05) is 39.2 Å². The zero-order valence-corrected chi connectivity index (χ0v) is 21.0. The number of hydrogen-bond donors (Lipinski definition) is 2. The van der Waals surface area contributed by atoms with E-state index in [0.29, 0.717) is 12.2 Å². The molecular weight excluding hydrogens is 472 g/mol. The lowest BCUT2D eigenvalue weighted by Crippen LogP contribution is -2.24. The first-order valence-electron chi connectivity index (χ1n) is 11.6. The highest BCUT2D eigenvalue weighted by Crippen LogP contribution is 2.39. The second-order valence-corrected chi connectivity index (χ2v) is 8.37. The predicted octanol–water partition coefficient (Wildman–Crippen LogP) is 4.37. The molecule has 2 heterocycles. The fourth-order valence-corrected chi connectivity index (χ4v) is 3.77. The first-order chi connectivity index (χ1) is 17.8. The number of para-hydroxylation sites is 1. The Morgan fingerprint density at radius 1 is 0.973 bits per heavy atom. The minimum Gasteiger partial charge on any atom is -0.497 e. The summed E-state index contributed by atoms with van der Waals surface area (Å²) >= 11 is 0. The molecule has 0 radical (unpaired) electrons. The molecule has 0 amide bonds. The summed E-state index contributed by atoms with van der Waals surface area (Å²) in [5.74, 6) is -0.773. The second-order valence-electron chi connectivity index (χ2n) is 8.37. The van der Waals surface area contributed by atoms with Gasteiger partial charge in [-0.1, -0.05) is 18.2 Å². The highest BCUT2D eigenvalue weighted by molar-refractivity contribution is 6.18. The number of aliphatic imine (C=N–C) groups is 1. The molecule has 0 unspecified atom stereocenters. The van der Waals surface area contributed by atoms with Gasteiger partial charge in [0.05, 0.1) is 18.5 Å². The normalized spacial score (nSPS) is 12.1. The fraction of sp³-hybridized carbons (Fsp3) is 0.214. The van der Waals surface area contributed by atoms with Crippen molar-refractivity contribution in [3.8, 4) is 5.75 Å². The Balaban J connectivity index is 0.000000414. The Morgan fingerprint density at radius 2 is 1.65 bits per heavy atom. The zero-order chi connectivity index (χ0) is 26.8. The molecule has 9 heteroatoms. The van der Waals surface area contributed by atoms with E-state index in [1.54, 1.807) is 7.11 Å². The van der Waals surface area contributed by atoms with Gasteiger partial charge in [-0.2, -0.15) is 0 Å². The van der Waals surface area contributed by atoms with Gasteiger partial charge in [0.25, 0.3) is 0 Å². The largest absolute Gasteiger partial charge is 0.497 e. The summed E-state index contributed by atoms with van der Waals surface area (Å²) in [5, 5.41) is 15.6. The number of aliphatic carboxylic acids is 2. The number of hydrogen-bond acceptors (Lipinski definition) is 7. The van der Waals surface area contributed by atoms with E-state index in [-0.39, 0.29) is 0 Å². The van der Waals surface area contributed by atoms with Gasteiger partial charge < -0.3 is 24.7 Å². The van der Waals surface area contributed by atoms with E-state index in [4.69, 9.17) is 24.9 Å². The number of rotatable bonds is 8. The van der Waals surface area contributed by atoms with Crippen LogP contribution in [0.1, 0.15) is 17.5 Å². The van der Waals surface area contributed by atoms with Crippen molar-refractivity contribution < 1.29 is 24.5 Å². The van der Waals surface area contributed by atoms with Crippen LogP contribution >= 0.6 is 0 Å². The summed E-state index contributed by atoms with van der Waals surface area (Å²) in [4.78, 5) is 33.4. The molecular formula is C28H30N4O5. The van der Waals surface area contributed by atoms with Crippen molar-refractivity contribution in [3.05, 3.63) is 90.1 Å². The molecule has 9 nitrogen and oxygen atoms in total. The Labute approximate surface area is 216 Å². The summed E-state index contributed by atoms with van der Waals surface area (Å²) in [6.45, 7) is 1.90. The number of anilines is 2. The van der Waals surface area contributed by atoms with Crippen LogP contribution in [0, 0.1) is 0 Å². The van der Waals surface area contributed by atoms with Crippen LogP contribution in [-0.4, -0.2) is 72.0 Å². The number of carboxylic acid groups (broad SMARTS) is 2. The van der Waals surface area contributed by atoms with Crippen LogP contribution in [0.3, 0.4) is 0 Å². The molecule has 0 bridgehead atoms. The topological polar surface area (TPSA) is 116 Å².